The zero-order valence-corrected chi connectivity index (χ0v) is 12.2. The van der Waals surface area contributed by atoms with Crippen molar-refractivity contribution in [2.45, 2.75) is 13.3 Å². The Morgan fingerprint density at radius 1 is 1.24 bits per heavy atom. The second-order valence-electron chi connectivity index (χ2n) is 5.32. The maximum atomic E-state index is 12.0. The summed E-state index contributed by atoms with van der Waals surface area (Å²) in [7, 11) is 0. The van der Waals surface area contributed by atoms with Crippen LogP contribution in [0.15, 0.2) is 29.3 Å². The molecule has 2 aliphatic rings. The highest BCUT2D eigenvalue weighted by Crippen LogP contribution is 2.30. The molecule has 2 heterocycles. The zero-order chi connectivity index (χ0) is 14.7. The van der Waals surface area contributed by atoms with Crippen LogP contribution in [0.4, 0.5) is 0 Å². The summed E-state index contributed by atoms with van der Waals surface area (Å²) in [6.45, 7) is 5.37. The van der Waals surface area contributed by atoms with Crippen molar-refractivity contribution in [2.24, 2.45) is 0 Å². The number of carbonyl (C=O) groups excluding carboxylic acids is 1. The lowest BCUT2D eigenvalue weighted by Gasteiger charge is -2.21. The summed E-state index contributed by atoms with van der Waals surface area (Å²) in [6, 6.07) is 5.93. The van der Waals surface area contributed by atoms with Crippen molar-refractivity contribution in [2.75, 3.05) is 32.8 Å². The van der Waals surface area contributed by atoms with Crippen molar-refractivity contribution >= 4 is 5.91 Å². The van der Waals surface area contributed by atoms with Crippen LogP contribution < -0.4 is 20.1 Å². The minimum absolute atomic E-state index is 0.0315. The van der Waals surface area contributed by atoms with E-state index in [4.69, 9.17) is 9.47 Å². The van der Waals surface area contributed by atoms with Crippen LogP contribution in [0.1, 0.15) is 12.5 Å². The predicted molar refractivity (Wildman–Crippen MR) is 79.7 cm³/mol. The highest BCUT2D eigenvalue weighted by Gasteiger charge is 2.16. The average molecular weight is 288 g/mol. The fraction of sp³-hybridized carbons (Fsp3) is 0.438. The van der Waals surface area contributed by atoms with Gasteiger partial charge in [-0.15, -0.1) is 0 Å². The molecule has 0 radical (unpaired) electrons. The fourth-order valence-corrected chi connectivity index (χ4v) is 2.37. The molecule has 1 aromatic rings. The Morgan fingerprint density at radius 3 is 2.71 bits per heavy atom. The first kappa shape index (κ1) is 13.9. The number of fused-ring (bicyclic) bond motifs is 1. The van der Waals surface area contributed by atoms with E-state index in [1.165, 1.54) is 5.57 Å². The lowest BCUT2D eigenvalue weighted by molar-refractivity contribution is -0.117. The SMILES string of the molecule is CC(C(=O)NCCc1ccc2c(c1)OCCO2)=C1CNC1. The Bertz CT molecular complexity index is 575. The van der Waals surface area contributed by atoms with Crippen LogP contribution in [0.25, 0.3) is 0 Å². The number of ether oxygens (including phenoxy) is 2. The van der Waals surface area contributed by atoms with Crippen molar-refractivity contribution in [3.63, 3.8) is 0 Å². The molecule has 21 heavy (non-hydrogen) atoms. The van der Waals surface area contributed by atoms with Gasteiger partial charge in [0.2, 0.25) is 5.91 Å². The van der Waals surface area contributed by atoms with Gasteiger partial charge in [0, 0.05) is 25.2 Å². The van der Waals surface area contributed by atoms with Gasteiger partial charge in [0.15, 0.2) is 11.5 Å². The molecule has 0 aliphatic carbocycles. The molecule has 1 aromatic carbocycles. The summed E-state index contributed by atoms with van der Waals surface area (Å²) in [5.74, 6) is 1.63. The van der Waals surface area contributed by atoms with E-state index < -0.39 is 0 Å². The van der Waals surface area contributed by atoms with Crippen molar-refractivity contribution in [3.8, 4) is 11.5 Å². The molecule has 1 amide bonds. The third kappa shape index (κ3) is 3.19. The number of nitrogens with one attached hydrogen (secondary N) is 2. The largest absolute Gasteiger partial charge is 0.486 e. The van der Waals surface area contributed by atoms with Crippen LogP contribution >= 0.6 is 0 Å². The van der Waals surface area contributed by atoms with Crippen molar-refractivity contribution in [1.82, 2.24) is 10.6 Å². The first-order valence-electron chi connectivity index (χ1n) is 7.30. The fourth-order valence-electron chi connectivity index (χ4n) is 2.37. The van der Waals surface area contributed by atoms with E-state index in [9.17, 15) is 4.79 Å². The molecular formula is C16H20N2O3. The first-order chi connectivity index (χ1) is 10.2. The zero-order valence-electron chi connectivity index (χ0n) is 12.2. The van der Waals surface area contributed by atoms with E-state index in [-0.39, 0.29) is 5.91 Å². The highest BCUT2D eigenvalue weighted by molar-refractivity contribution is 5.93. The van der Waals surface area contributed by atoms with Gasteiger partial charge in [0.05, 0.1) is 0 Å². The smallest absolute Gasteiger partial charge is 0.246 e. The highest BCUT2D eigenvalue weighted by atomic mass is 16.6. The summed E-state index contributed by atoms with van der Waals surface area (Å²) < 4.78 is 11.0. The normalized spacial score (nSPS) is 16.1. The van der Waals surface area contributed by atoms with Gasteiger partial charge in [-0.3, -0.25) is 4.79 Å². The summed E-state index contributed by atoms with van der Waals surface area (Å²) in [6.07, 6.45) is 0.781. The maximum Gasteiger partial charge on any atom is 0.246 e. The number of hydrogen-bond acceptors (Lipinski definition) is 4. The Hall–Kier alpha value is -2.01. The summed E-state index contributed by atoms with van der Waals surface area (Å²) in [5.41, 5.74) is 3.18. The number of hydrogen-bond donors (Lipinski definition) is 2. The molecule has 0 atom stereocenters. The number of amides is 1. The van der Waals surface area contributed by atoms with Gasteiger partial charge in [-0.05, 0) is 36.6 Å². The first-order valence-corrected chi connectivity index (χ1v) is 7.30. The van der Waals surface area contributed by atoms with Crippen LogP contribution in [0, 0.1) is 0 Å². The number of carbonyl (C=O) groups is 1. The van der Waals surface area contributed by atoms with Crippen LogP contribution in [0.2, 0.25) is 0 Å². The van der Waals surface area contributed by atoms with Crippen LogP contribution in [-0.2, 0) is 11.2 Å². The predicted octanol–water partition coefficient (Wildman–Crippen LogP) is 1.04. The lowest BCUT2D eigenvalue weighted by Crippen LogP contribution is -2.38. The minimum atomic E-state index is 0.0315. The molecule has 2 N–H and O–H groups in total. The maximum absolute atomic E-state index is 12.0. The topological polar surface area (TPSA) is 59.6 Å². The molecular weight excluding hydrogens is 268 g/mol. The van der Waals surface area contributed by atoms with E-state index in [1.54, 1.807) is 0 Å². The van der Waals surface area contributed by atoms with Gasteiger partial charge >= 0.3 is 0 Å². The monoisotopic (exact) mass is 288 g/mol. The van der Waals surface area contributed by atoms with E-state index in [0.717, 1.165) is 42.1 Å². The van der Waals surface area contributed by atoms with Gasteiger partial charge in [0.1, 0.15) is 13.2 Å². The van der Waals surface area contributed by atoms with Gasteiger partial charge in [0.25, 0.3) is 0 Å². The quantitative estimate of drug-likeness (QED) is 0.813. The molecule has 0 aromatic heterocycles. The molecule has 112 valence electrons. The summed E-state index contributed by atoms with van der Waals surface area (Å²) in [4.78, 5) is 12.0. The van der Waals surface area contributed by atoms with Crippen molar-refractivity contribution < 1.29 is 14.3 Å². The second-order valence-corrected chi connectivity index (χ2v) is 5.32. The third-order valence-corrected chi connectivity index (χ3v) is 3.85. The van der Waals surface area contributed by atoms with Crippen LogP contribution in [0.3, 0.4) is 0 Å². The molecule has 5 nitrogen and oxygen atoms in total. The molecule has 2 aliphatic heterocycles. The third-order valence-electron chi connectivity index (χ3n) is 3.85. The molecule has 1 saturated heterocycles. The molecule has 0 spiro atoms. The van der Waals surface area contributed by atoms with E-state index in [2.05, 4.69) is 10.6 Å². The molecule has 5 heteroatoms. The van der Waals surface area contributed by atoms with Crippen molar-refractivity contribution in [3.05, 3.63) is 34.9 Å². The number of rotatable bonds is 4. The molecule has 1 fully saturated rings. The average Bonchev–Trinajstić information content (AvgIpc) is 2.45. The Morgan fingerprint density at radius 2 is 2.00 bits per heavy atom. The van der Waals surface area contributed by atoms with E-state index >= 15 is 0 Å². The lowest BCUT2D eigenvalue weighted by atomic mass is 10.0. The molecule has 3 rings (SSSR count). The van der Waals surface area contributed by atoms with Crippen LogP contribution in [-0.4, -0.2) is 38.8 Å². The summed E-state index contributed by atoms with van der Waals surface area (Å²) in [5, 5.41) is 6.11. The van der Waals surface area contributed by atoms with Gasteiger partial charge < -0.3 is 20.1 Å². The van der Waals surface area contributed by atoms with Gasteiger partial charge in [-0.25, -0.2) is 0 Å². The Labute approximate surface area is 124 Å². The van der Waals surface area contributed by atoms with Gasteiger partial charge in [-0.1, -0.05) is 6.07 Å². The van der Waals surface area contributed by atoms with Crippen molar-refractivity contribution in [1.29, 1.82) is 0 Å². The Kier molecular flexibility index (Phi) is 4.10. The van der Waals surface area contributed by atoms with Gasteiger partial charge in [-0.2, -0.15) is 0 Å². The standard InChI is InChI=1S/C16H20N2O3/c1-11(13-9-17-10-13)16(19)18-5-4-12-2-3-14-15(8-12)21-7-6-20-14/h2-3,8,17H,4-7,9-10H2,1H3,(H,18,19). The molecule has 0 unspecified atom stereocenters. The summed E-state index contributed by atoms with van der Waals surface area (Å²) >= 11 is 0. The second kappa shape index (κ2) is 6.18. The minimum Gasteiger partial charge on any atom is -0.486 e. The van der Waals surface area contributed by atoms with Crippen LogP contribution in [0.5, 0.6) is 11.5 Å². The van der Waals surface area contributed by atoms with E-state index in [0.29, 0.717) is 19.8 Å². The number of benzene rings is 1. The Balaban J connectivity index is 1.52. The molecule has 0 saturated carbocycles. The van der Waals surface area contributed by atoms with E-state index in [1.807, 2.05) is 25.1 Å². The molecule has 0 bridgehead atoms.